The molecule has 0 unspecified atom stereocenters. The number of hydrogen-bond acceptors (Lipinski definition) is 5. The third-order valence-corrected chi connectivity index (χ3v) is 6.25. The van der Waals surface area contributed by atoms with E-state index in [0.717, 1.165) is 0 Å². The van der Waals surface area contributed by atoms with Gasteiger partial charge >= 0.3 is 5.97 Å². The number of carbonyl (C=O) groups excluding carboxylic acids is 1. The molecule has 2 fully saturated rings. The number of carbonyl (C=O) groups is 1. The summed E-state index contributed by atoms with van der Waals surface area (Å²) >= 11 is 0. The predicted octanol–water partition coefficient (Wildman–Crippen LogP) is -0.0370. The molecule has 2 aliphatic rings. The highest BCUT2D eigenvalue weighted by Crippen LogP contribution is 2.30. The quantitative estimate of drug-likeness (QED) is 0.719. The second-order valence-corrected chi connectivity index (χ2v) is 7.71. The molecule has 0 radical (unpaired) electrons. The van der Waals surface area contributed by atoms with Gasteiger partial charge in [-0.05, 0) is 26.2 Å². The topological polar surface area (TPSA) is 87.2 Å². The lowest BCUT2D eigenvalue weighted by Crippen LogP contribution is -2.65. The van der Waals surface area contributed by atoms with Crippen LogP contribution in [0.4, 0.5) is 0 Å². The molecule has 2 aliphatic heterocycles. The number of esters is 1. The monoisotopic (exact) mass is 320 g/mol. The first-order valence-electron chi connectivity index (χ1n) is 7.46. The third-order valence-electron chi connectivity index (χ3n) is 4.33. The molecule has 0 aromatic carbocycles. The van der Waals surface area contributed by atoms with E-state index in [2.05, 4.69) is 0 Å². The molecule has 0 aliphatic carbocycles. The Morgan fingerprint density at radius 2 is 1.81 bits per heavy atom. The summed E-state index contributed by atoms with van der Waals surface area (Å²) in [6, 6.07) is 0. The molecule has 0 amide bonds. The second kappa shape index (κ2) is 6.20. The molecular weight excluding hydrogens is 296 g/mol. The fourth-order valence-electron chi connectivity index (χ4n) is 2.74. The van der Waals surface area contributed by atoms with Gasteiger partial charge < -0.3 is 9.84 Å². The largest absolute Gasteiger partial charge is 0.466 e. The Hall–Kier alpha value is -0.700. The van der Waals surface area contributed by atoms with Crippen LogP contribution in [0, 0.1) is 5.92 Å². The number of ether oxygens (including phenoxy) is 1. The van der Waals surface area contributed by atoms with Crippen molar-refractivity contribution in [3.8, 4) is 0 Å². The molecule has 2 saturated heterocycles. The van der Waals surface area contributed by atoms with Gasteiger partial charge in [-0.15, -0.1) is 0 Å². The van der Waals surface area contributed by atoms with E-state index in [1.54, 1.807) is 6.92 Å². The summed E-state index contributed by atoms with van der Waals surface area (Å²) in [5.41, 5.74) is -0.879. The van der Waals surface area contributed by atoms with Crippen molar-refractivity contribution < 1.29 is 23.1 Å². The van der Waals surface area contributed by atoms with E-state index in [0.29, 0.717) is 39.0 Å². The SMILES string of the molecule is CCOC(=O)C1CCN(S(=O)(=O)N2CC(O)(CC)C2)CC1. The first-order chi connectivity index (χ1) is 9.82. The van der Waals surface area contributed by atoms with E-state index in [1.807, 2.05) is 6.92 Å². The summed E-state index contributed by atoms with van der Waals surface area (Å²) in [7, 11) is -3.51. The molecule has 8 heteroatoms. The van der Waals surface area contributed by atoms with Crippen LogP contribution in [-0.2, 0) is 19.7 Å². The fourth-order valence-corrected chi connectivity index (χ4v) is 4.55. The van der Waals surface area contributed by atoms with Crippen molar-refractivity contribution >= 4 is 16.2 Å². The zero-order chi connectivity index (χ0) is 15.7. The van der Waals surface area contributed by atoms with Gasteiger partial charge in [-0.3, -0.25) is 4.79 Å². The van der Waals surface area contributed by atoms with Crippen LogP contribution >= 0.6 is 0 Å². The highest BCUT2D eigenvalue weighted by atomic mass is 32.2. The number of nitrogens with zero attached hydrogens (tertiary/aromatic N) is 2. The van der Waals surface area contributed by atoms with Gasteiger partial charge in [-0.1, -0.05) is 6.92 Å². The minimum atomic E-state index is -3.51. The zero-order valence-corrected chi connectivity index (χ0v) is 13.4. The molecule has 0 spiro atoms. The van der Waals surface area contributed by atoms with Crippen LogP contribution in [0.25, 0.3) is 0 Å². The zero-order valence-electron chi connectivity index (χ0n) is 12.6. The van der Waals surface area contributed by atoms with Crippen molar-refractivity contribution in [2.45, 2.75) is 38.7 Å². The van der Waals surface area contributed by atoms with Gasteiger partial charge in [0.2, 0.25) is 0 Å². The molecule has 0 atom stereocenters. The lowest BCUT2D eigenvalue weighted by atomic mass is 9.94. The van der Waals surface area contributed by atoms with E-state index in [9.17, 15) is 18.3 Å². The van der Waals surface area contributed by atoms with Gasteiger partial charge in [-0.2, -0.15) is 17.0 Å². The van der Waals surface area contributed by atoms with Gasteiger partial charge in [-0.25, -0.2) is 0 Å². The van der Waals surface area contributed by atoms with Crippen LogP contribution in [0.3, 0.4) is 0 Å². The summed E-state index contributed by atoms with van der Waals surface area (Å²) in [5.74, 6) is -0.445. The summed E-state index contributed by atoms with van der Waals surface area (Å²) in [4.78, 5) is 11.6. The van der Waals surface area contributed by atoms with Crippen molar-refractivity contribution in [3.05, 3.63) is 0 Å². The third kappa shape index (κ3) is 3.39. The molecule has 2 heterocycles. The number of rotatable bonds is 5. The maximum atomic E-state index is 12.4. The summed E-state index contributed by atoms with van der Waals surface area (Å²) in [6.45, 7) is 4.92. The van der Waals surface area contributed by atoms with E-state index >= 15 is 0 Å². The Kier molecular flexibility index (Phi) is 4.92. The maximum Gasteiger partial charge on any atom is 0.309 e. The van der Waals surface area contributed by atoms with Gasteiger partial charge in [0, 0.05) is 26.2 Å². The van der Waals surface area contributed by atoms with Crippen LogP contribution in [0.1, 0.15) is 33.1 Å². The summed E-state index contributed by atoms with van der Waals surface area (Å²) < 4.78 is 32.5. The van der Waals surface area contributed by atoms with Crippen molar-refractivity contribution in [1.82, 2.24) is 8.61 Å². The van der Waals surface area contributed by atoms with E-state index in [-0.39, 0.29) is 25.0 Å². The van der Waals surface area contributed by atoms with Crippen LogP contribution in [0.15, 0.2) is 0 Å². The van der Waals surface area contributed by atoms with Gasteiger partial charge in [0.15, 0.2) is 0 Å². The van der Waals surface area contributed by atoms with Crippen molar-refractivity contribution in [3.63, 3.8) is 0 Å². The van der Waals surface area contributed by atoms with Crippen molar-refractivity contribution in [2.24, 2.45) is 5.92 Å². The van der Waals surface area contributed by atoms with Gasteiger partial charge in [0.25, 0.3) is 10.2 Å². The molecule has 0 saturated carbocycles. The normalized spacial score (nSPS) is 24.5. The Balaban J connectivity index is 1.89. The highest BCUT2D eigenvalue weighted by Gasteiger charge is 2.48. The molecule has 0 aromatic rings. The number of hydrogen-bond donors (Lipinski definition) is 1. The summed E-state index contributed by atoms with van der Waals surface area (Å²) in [5, 5.41) is 9.94. The van der Waals surface area contributed by atoms with Gasteiger partial charge in [0.05, 0.1) is 18.1 Å². The maximum absolute atomic E-state index is 12.4. The molecule has 1 N–H and O–H groups in total. The Bertz CT molecular complexity index is 479. The van der Waals surface area contributed by atoms with Crippen LogP contribution in [-0.4, -0.2) is 66.5 Å². The molecular formula is C13H24N2O5S. The number of piperidine rings is 1. The van der Waals surface area contributed by atoms with Gasteiger partial charge in [0.1, 0.15) is 0 Å². The molecule has 0 bridgehead atoms. The Labute approximate surface area is 126 Å². The highest BCUT2D eigenvalue weighted by molar-refractivity contribution is 7.86. The average Bonchev–Trinajstić information content (AvgIpc) is 2.44. The summed E-state index contributed by atoms with van der Waals surface area (Å²) in [6.07, 6.45) is 1.53. The molecule has 122 valence electrons. The molecule has 7 nitrogen and oxygen atoms in total. The van der Waals surface area contributed by atoms with Crippen LogP contribution < -0.4 is 0 Å². The van der Waals surface area contributed by atoms with Crippen molar-refractivity contribution in [2.75, 3.05) is 32.8 Å². The number of β-amino-alcohol motifs (C(OH)–C–C–N with tert-alkyl or cyclic N) is 1. The van der Waals surface area contributed by atoms with E-state index in [4.69, 9.17) is 4.74 Å². The number of aliphatic hydroxyl groups is 1. The Morgan fingerprint density at radius 3 is 2.29 bits per heavy atom. The first kappa shape index (κ1) is 16.7. The minimum absolute atomic E-state index is 0.156. The first-order valence-corrected chi connectivity index (χ1v) is 8.86. The van der Waals surface area contributed by atoms with Crippen molar-refractivity contribution in [1.29, 1.82) is 0 Å². The average molecular weight is 320 g/mol. The molecule has 2 rings (SSSR count). The Morgan fingerprint density at radius 1 is 1.24 bits per heavy atom. The lowest BCUT2D eigenvalue weighted by Gasteiger charge is -2.47. The predicted molar refractivity (Wildman–Crippen MR) is 76.7 cm³/mol. The smallest absolute Gasteiger partial charge is 0.309 e. The lowest BCUT2D eigenvalue weighted by molar-refractivity contribution is -0.149. The van der Waals surface area contributed by atoms with E-state index in [1.165, 1.54) is 8.61 Å². The standard InChI is InChI=1S/C13H24N2O5S/c1-3-13(17)9-15(10-13)21(18,19)14-7-5-11(6-8-14)12(16)20-4-2/h11,17H,3-10H2,1-2H3. The second-order valence-electron chi connectivity index (χ2n) is 5.78. The van der Waals surface area contributed by atoms with E-state index < -0.39 is 15.8 Å². The fraction of sp³-hybridized carbons (Fsp3) is 0.923. The van der Waals surface area contributed by atoms with Crippen LogP contribution in [0.5, 0.6) is 0 Å². The molecule has 21 heavy (non-hydrogen) atoms. The minimum Gasteiger partial charge on any atom is -0.466 e. The molecule has 0 aromatic heterocycles. The van der Waals surface area contributed by atoms with Crippen LogP contribution in [0.2, 0.25) is 0 Å².